The molecule has 2 aromatic carbocycles. The Morgan fingerprint density at radius 1 is 1.06 bits per heavy atom. The molecule has 0 aliphatic carbocycles. The summed E-state index contributed by atoms with van der Waals surface area (Å²) in [7, 11) is 0. The summed E-state index contributed by atoms with van der Waals surface area (Å²) in [4.78, 5) is 15.4. The Labute approximate surface area is 110 Å². The van der Waals surface area contributed by atoms with Gasteiger partial charge in [0.2, 0.25) is 0 Å². The van der Waals surface area contributed by atoms with Crippen LogP contribution in [0.1, 0.15) is 9.60 Å². The van der Waals surface area contributed by atoms with Crippen LogP contribution in [0.25, 0.3) is 21.8 Å². The Bertz CT molecular complexity index is 996. The van der Waals surface area contributed by atoms with E-state index in [9.17, 15) is 4.79 Å². The summed E-state index contributed by atoms with van der Waals surface area (Å²) >= 11 is 3.11. The molecule has 0 fully saturated rings. The van der Waals surface area contributed by atoms with Gasteiger partial charge in [0.15, 0.2) is 5.43 Å². The van der Waals surface area contributed by atoms with Crippen LogP contribution >= 0.6 is 15.9 Å². The third kappa shape index (κ3) is 1.28. The first kappa shape index (κ1) is 4.72. The zero-order valence-electron chi connectivity index (χ0n) is 14.8. The molecule has 0 unspecified atom stereocenters. The smallest absolute Gasteiger partial charge is 0.197 e. The van der Waals surface area contributed by atoms with Gasteiger partial charge in [0.05, 0.1) is 15.1 Å². The van der Waals surface area contributed by atoms with E-state index in [-0.39, 0.29) is 32.3 Å². The van der Waals surface area contributed by atoms with E-state index in [1.807, 2.05) is 0 Å². The fourth-order valence-electron chi connectivity index (χ4n) is 1.50. The largest absolute Gasteiger partial charge is 0.353 e. The summed E-state index contributed by atoms with van der Waals surface area (Å²) in [5.74, 6) is 0. The highest BCUT2D eigenvalue weighted by Gasteiger charge is 2.06. The van der Waals surface area contributed by atoms with Crippen molar-refractivity contribution in [1.82, 2.24) is 4.98 Å². The van der Waals surface area contributed by atoms with Crippen LogP contribution in [0.2, 0.25) is 0 Å². The Hall–Kier alpha value is -1.61. The number of hydrogen-bond acceptors (Lipinski definition) is 1. The van der Waals surface area contributed by atoms with Crippen LogP contribution in [0.15, 0.2) is 51.6 Å². The highest BCUT2D eigenvalue weighted by molar-refractivity contribution is 9.10. The summed E-state index contributed by atoms with van der Waals surface area (Å²) in [6.45, 7) is 0. The number of nitrogens with one attached hydrogen (secondary N) is 1. The van der Waals surface area contributed by atoms with Crippen molar-refractivity contribution in [2.75, 3.05) is 0 Å². The van der Waals surface area contributed by atoms with Crippen LogP contribution in [0.4, 0.5) is 0 Å². The molecule has 0 atom stereocenters. The molecule has 0 radical (unpaired) electrons. The van der Waals surface area contributed by atoms with Crippen molar-refractivity contribution in [2.24, 2.45) is 0 Å². The molecule has 3 rings (SSSR count). The topological polar surface area (TPSA) is 32.9 Å². The summed E-state index contributed by atoms with van der Waals surface area (Å²) in [6, 6.07) is -3.10. The average Bonchev–Trinajstić information content (AvgIpc) is 2.53. The van der Waals surface area contributed by atoms with Crippen molar-refractivity contribution in [3.05, 3.63) is 57.0 Å². The molecular weight excluding hydrogens is 266 g/mol. The lowest BCUT2D eigenvalue weighted by Crippen LogP contribution is -2.03. The van der Waals surface area contributed by atoms with E-state index < -0.39 is 41.7 Å². The normalized spacial score (nSPS) is 17.2. The van der Waals surface area contributed by atoms with Crippen LogP contribution in [0.5, 0.6) is 0 Å². The SMILES string of the molecule is [2H]c1c([2H])c([2H])c2c(=O)c3c([2H])c([2H])c([2H])c(Br)c3[nH]c2c1[2H]. The number of rotatable bonds is 0. The molecule has 0 amide bonds. The molecule has 3 heteroatoms. The third-order valence-electron chi connectivity index (χ3n) is 2.22. The molecule has 0 saturated heterocycles. The standard InChI is InChI=1S/C13H8BrNO/c14-10-6-3-5-9-12(10)15-11-7-2-1-4-8(11)13(9)16/h1-7H,(H,15,16)/i1D,2D,3D,4D,5D,6D,7D. The van der Waals surface area contributed by atoms with E-state index in [1.54, 1.807) is 0 Å². The Morgan fingerprint density at radius 2 is 1.81 bits per heavy atom. The molecule has 1 aromatic heterocycles. The molecule has 0 saturated carbocycles. The molecule has 0 aliphatic rings. The number of benzene rings is 2. The minimum atomic E-state index is -0.764. The number of halogens is 1. The Morgan fingerprint density at radius 3 is 2.69 bits per heavy atom. The molecular formula is C13H8BrNO. The predicted octanol–water partition coefficient (Wildman–Crippen LogP) is 3.44. The van der Waals surface area contributed by atoms with Crippen molar-refractivity contribution in [1.29, 1.82) is 0 Å². The van der Waals surface area contributed by atoms with Gasteiger partial charge in [-0.2, -0.15) is 0 Å². The highest BCUT2D eigenvalue weighted by Crippen LogP contribution is 2.21. The van der Waals surface area contributed by atoms with E-state index in [1.165, 1.54) is 0 Å². The maximum Gasteiger partial charge on any atom is 0.197 e. The minimum Gasteiger partial charge on any atom is -0.353 e. The average molecular weight is 281 g/mol. The zero-order valence-corrected chi connectivity index (χ0v) is 9.37. The first-order valence-electron chi connectivity index (χ1n) is 7.89. The molecule has 0 spiro atoms. The molecule has 16 heavy (non-hydrogen) atoms. The van der Waals surface area contributed by atoms with Gasteiger partial charge >= 0.3 is 0 Å². The van der Waals surface area contributed by atoms with E-state index >= 15 is 0 Å². The number of fused-ring (bicyclic) bond motifs is 2. The lowest BCUT2D eigenvalue weighted by atomic mass is 10.1. The van der Waals surface area contributed by atoms with Crippen molar-refractivity contribution in [3.8, 4) is 0 Å². The van der Waals surface area contributed by atoms with Gasteiger partial charge in [0.1, 0.15) is 0 Å². The molecule has 78 valence electrons. The summed E-state index contributed by atoms with van der Waals surface area (Å²) in [5.41, 5.74) is -0.788. The lowest BCUT2D eigenvalue weighted by Gasteiger charge is -2.03. The van der Waals surface area contributed by atoms with Crippen LogP contribution in [0, 0.1) is 0 Å². The number of pyridine rings is 1. The second kappa shape index (κ2) is 3.46. The van der Waals surface area contributed by atoms with Crippen LogP contribution < -0.4 is 5.43 Å². The first-order chi connectivity index (χ1) is 10.7. The lowest BCUT2D eigenvalue weighted by molar-refractivity contribution is 1.46. The first-order valence-corrected chi connectivity index (χ1v) is 5.19. The second-order valence-corrected chi connectivity index (χ2v) is 3.94. The minimum absolute atomic E-state index is 0.0681. The van der Waals surface area contributed by atoms with Gasteiger partial charge < -0.3 is 4.98 Å². The zero-order chi connectivity index (χ0) is 17.2. The summed E-state index contributed by atoms with van der Waals surface area (Å²) in [6.07, 6.45) is 0. The maximum atomic E-state index is 12.7. The number of para-hydroxylation sites is 2. The summed E-state index contributed by atoms with van der Waals surface area (Å²) in [5, 5.41) is -0.448. The van der Waals surface area contributed by atoms with E-state index in [0.717, 1.165) is 0 Å². The van der Waals surface area contributed by atoms with Crippen molar-refractivity contribution >= 4 is 37.7 Å². The highest BCUT2D eigenvalue weighted by atomic mass is 79.9. The van der Waals surface area contributed by atoms with Crippen LogP contribution in [0.3, 0.4) is 0 Å². The molecule has 1 N–H and O–H groups in total. The van der Waals surface area contributed by atoms with Gasteiger partial charge in [-0.1, -0.05) is 18.1 Å². The quantitative estimate of drug-likeness (QED) is 0.629. The van der Waals surface area contributed by atoms with Gasteiger partial charge in [-0.25, -0.2) is 0 Å². The third-order valence-corrected chi connectivity index (χ3v) is 2.82. The van der Waals surface area contributed by atoms with Gasteiger partial charge in [0.25, 0.3) is 0 Å². The predicted molar refractivity (Wildman–Crippen MR) is 69.8 cm³/mol. The molecule has 1 heterocycles. The monoisotopic (exact) mass is 280 g/mol. The fraction of sp³-hybridized carbons (Fsp3) is 0. The summed E-state index contributed by atoms with van der Waals surface area (Å²) < 4.78 is 54.7. The fourth-order valence-corrected chi connectivity index (χ4v) is 1.89. The van der Waals surface area contributed by atoms with Gasteiger partial charge in [-0.15, -0.1) is 0 Å². The number of aromatic amines is 1. The van der Waals surface area contributed by atoms with E-state index in [2.05, 4.69) is 20.9 Å². The van der Waals surface area contributed by atoms with Crippen LogP contribution in [-0.4, -0.2) is 4.98 Å². The van der Waals surface area contributed by atoms with Gasteiger partial charge in [-0.05, 0) is 40.1 Å². The maximum absolute atomic E-state index is 12.7. The molecule has 0 aliphatic heterocycles. The molecule has 3 aromatic rings. The molecule has 0 bridgehead atoms. The molecule has 2 nitrogen and oxygen atoms in total. The second-order valence-electron chi connectivity index (χ2n) is 3.14. The van der Waals surface area contributed by atoms with Crippen molar-refractivity contribution in [3.63, 3.8) is 0 Å². The number of hydrogen-bond donors (Lipinski definition) is 1. The van der Waals surface area contributed by atoms with E-state index in [0.29, 0.717) is 0 Å². The number of H-pyrrole nitrogens is 1. The van der Waals surface area contributed by atoms with Crippen LogP contribution in [-0.2, 0) is 0 Å². The number of aromatic nitrogens is 1. The van der Waals surface area contributed by atoms with Gasteiger partial charge in [-0.3, -0.25) is 4.79 Å². The van der Waals surface area contributed by atoms with Gasteiger partial charge in [0, 0.05) is 20.8 Å². The van der Waals surface area contributed by atoms with Crippen molar-refractivity contribution in [2.45, 2.75) is 0 Å². The van der Waals surface area contributed by atoms with Crippen molar-refractivity contribution < 1.29 is 9.60 Å². The Kier molecular flexibility index (Phi) is 1.02. The van der Waals surface area contributed by atoms with E-state index in [4.69, 9.17) is 9.60 Å². The Balaban J connectivity index is 2.77.